The monoisotopic (exact) mass is 408 g/mol. The zero-order valence-corrected chi connectivity index (χ0v) is 16.5. The molecular formula is C23H21FN2O2S. The highest BCUT2D eigenvalue weighted by atomic mass is 32.2. The van der Waals surface area contributed by atoms with Gasteiger partial charge in [0.15, 0.2) is 0 Å². The summed E-state index contributed by atoms with van der Waals surface area (Å²) < 4.78 is 41.5. The molecule has 0 aliphatic heterocycles. The molecule has 1 aromatic heterocycles. The predicted molar refractivity (Wildman–Crippen MR) is 114 cm³/mol. The van der Waals surface area contributed by atoms with Crippen molar-refractivity contribution in [2.75, 3.05) is 6.54 Å². The van der Waals surface area contributed by atoms with E-state index in [1.807, 2.05) is 48.7 Å². The Balaban J connectivity index is 1.63. The maximum absolute atomic E-state index is 13.4. The van der Waals surface area contributed by atoms with Crippen LogP contribution in [0.25, 0.3) is 10.9 Å². The van der Waals surface area contributed by atoms with E-state index in [0.717, 1.165) is 27.6 Å². The van der Waals surface area contributed by atoms with Crippen molar-refractivity contribution in [3.63, 3.8) is 0 Å². The third-order valence-electron chi connectivity index (χ3n) is 4.98. The van der Waals surface area contributed by atoms with Crippen molar-refractivity contribution in [2.24, 2.45) is 0 Å². The van der Waals surface area contributed by atoms with Gasteiger partial charge in [-0.2, -0.15) is 0 Å². The molecule has 0 unspecified atom stereocenters. The number of benzene rings is 3. The van der Waals surface area contributed by atoms with Crippen LogP contribution in [0.1, 0.15) is 22.6 Å². The third kappa shape index (κ3) is 4.55. The van der Waals surface area contributed by atoms with Gasteiger partial charge in [-0.05, 0) is 34.9 Å². The van der Waals surface area contributed by atoms with E-state index in [1.165, 1.54) is 12.1 Å². The molecule has 0 bridgehead atoms. The minimum atomic E-state index is -3.52. The van der Waals surface area contributed by atoms with Gasteiger partial charge in [0.05, 0.1) is 5.75 Å². The van der Waals surface area contributed by atoms with Crippen molar-refractivity contribution in [3.05, 3.63) is 108 Å². The Labute approximate surface area is 169 Å². The average molecular weight is 408 g/mol. The van der Waals surface area contributed by atoms with Crippen molar-refractivity contribution < 1.29 is 12.8 Å². The smallest absolute Gasteiger partial charge is 0.215 e. The molecule has 0 aliphatic rings. The van der Waals surface area contributed by atoms with Gasteiger partial charge in [0, 0.05) is 29.6 Å². The molecule has 4 rings (SSSR count). The van der Waals surface area contributed by atoms with E-state index in [4.69, 9.17) is 0 Å². The predicted octanol–water partition coefficient (Wildman–Crippen LogP) is 4.56. The molecule has 1 atom stereocenters. The molecule has 4 aromatic rings. The van der Waals surface area contributed by atoms with Crippen molar-refractivity contribution >= 4 is 20.9 Å². The van der Waals surface area contributed by atoms with E-state index < -0.39 is 10.0 Å². The first-order valence-electron chi connectivity index (χ1n) is 9.34. The molecule has 0 radical (unpaired) electrons. The number of hydrogen-bond acceptors (Lipinski definition) is 2. The van der Waals surface area contributed by atoms with Crippen LogP contribution in [0.5, 0.6) is 0 Å². The Bertz CT molecular complexity index is 1200. The summed E-state index contributed by atoms with van der Waals surface area (Å²) in [6.07, 6.45) is 1.89. The molecule has 6 heteroatoms. The molecule has 0 spiro atoms. The molecule has 29 heavy (non-hydrogen) atoms. The fourth-order valence-corrected chi connectivity index (χ4v) is 4.69. The second kappa shape index (κ2) is 8.19. The van der Waals surface area contributed by atoms with Gasteiger partial charge >= 0.3 is 0 Å². The molecule has 0 saturated carbocycles. The molecule has 0 amide bonds. The number of sulfonamides is 1. The van der Waals surface area contributed by atoms with Crippen LogP contribution in [0, 0.1) is 5.82 Å². The summed E-state index contributed by atoms with van der Waals surface area (Å²) in [6, 6.07) is 23.1. The minimum Gasteiger partial charge on any atom is -0.361 e. The maximum atomic E-state index is 13.4. The van der Waals surface area contributed by atoms with Gasteiger partial charge < -0.3 is 4.98 Å². The number of aromatic amines is 1. The fourth-order valence-electron chi connectivity index (χ4n) is 3.54. The quantitative estimate of drug-likeness (QED) is 0.471. The Morgan fingerprint density at radius 3 is 2.34 bits per heavy atom. The molecule has 0 fully saturated rings. The standard InChI is InChI=1S/C23H21FN2O2S/c24-19-12-10-18(11-13-19)21(22-14-25-23-9-5-4-8-20(22)23)15-26-29(27,28)16-17-6-2-1-3-7-17/h1-14,21,25-26H,15-16H2/t21-/m1/s1. The summed E-state index contributed by atoms with van der Waals surface area (Å²) >= 11 is 0. The van der Waals surface area contributed by atoms with Crippen LogP contribution in [0.4, 0.5) is 4.39 Å². The van der Waals surface area contributed by atoms with Gasteiger partial charge in [-0.25, -0.2) is 17.5 Å². The van der Waals surface area contributed by atoms with E-state index in [-0.39, 0.29) is 24.0 Å². The summed E-state index contributed by atoms with van der Waals surface area (Å²) in [6.45, 7) is 0.183. The zero-order valence-electron chi connectivity index (χ0n) is 15.7. The third-order valence-corrected chi connectivity index (χ3v) is 6.30. The second-order valence-corrected chi connectivity index (χ2v) is 8.79. The van der Waals surface area contributed by atoms with Crippen LogP contribution in [-0.4, -0.2) is 19.9 Å². The molecule has 4 nitrogen and oxygen atoms in total. The van der Waals surface area contributed by atoms with Crippen LogP contribution in [0.2, 0.25) is 0 Å². The normalized spacial score (nSPS) is 12.9. The number of rotatable bonds is 7. The van der Waals surface area contributed by atoms with Crippen molar-refractivity contribution in [2.45, 2.75) is 11.7 Å². The summed E-state index contributed by atoms with van der Waals surface area (Å²) in [5.41, 5.74) is 3.51. The highest BCUT2D eigenvalue weighted by Crippen LogP contribution is 2.30. The van der Waals surface area contributed by atoms with Crippen LogP contribution in [-0.2, 0) is 15.8 Å². The molecule has 148 valence electrons. The highest BCUT2D eigenvalue weighted by Gasteiger charge is 2.21. The van der Waals surface area contributed by atoms with Gasteiger partial charge in [0.1, 0.15) is 5.82 Å². The average Bonchev–Trinajstić information content (AvgIpc) is 3.14. The first-order valence-corrected chi connectivity index (χ1v) is 11.0. The lowest BCUT2D eigenvalue weighted by atomic mass is 9.91. The molecule has 3 aromatic carbocycles. The van der Waals surface area contributed by atoms with Crippen LogP contribution in [0.3, 0.4) is 0 Å². The van der Waals surface area contributed by atoms with E-state index >= 15 is 0 Å². The minimum absolute atomic E-state index is 0.0855. The number of nitrogens with one attached hydrogen (secondary N) is 2. The van der Waals surface area contributed by atoms with E-state index in [0.29, 0.717) is 0 Å². The summed E-state index contributed by atoms with van der Waals surface area (Å²) in [4.78, 5) is 3.24. The van der Waals surface area contributed by atoms with Gasteiger partial charge in [-0.3, -0.25) is 0 Å². The summed E-state index contributed by atoms with van der Waals surface area (Å²) in [5, 5.41) is 1.02. The number of aromatic nitrogens is 1. The van der Waals surface area contributed by atoms with Crippen LogP contribution >= 0.6 is 0 Å². The van der Waals surface area contributed by atoms with Crippen molar-refractivity contribution in [1.82, 2.24) is 9.71 Å². The van der Waals surface area contributed by atoms with Gasteiger partial charge in [-0.15, -0.1) is 0 Å². The first kappa shape index (κ1) is 19.4. The molecule has 1 heterocycles. The lowest BCUT2D eigenvalue weighted by Crippen LogP contribution is -2.30. The van der Waals surface area contributed by atoms with Gasteiger partial charge in [0.25, 0.3) is 0 Å². The number of H-pyrrole nitrogens is 1. The Morgan fingerprint density at radius 1 is 0.897 bits per heavy atom. The number of hydrogen-bond donors (Lipinski definition) is 2. The van der Waals surface area contributed by atoms with E-state index in [1.54, 1.807) is 24.3 Å². The lowest BCUT2D eigenvalue weighted by Gasteiger charge is -2.18. The molecule has 0 aliphatic carbocycles. The van der Waals surface area contributed by atoms with Gasteiger partial charge in [0.2, 0.25) is 10.0 Å². The SMILES string of the molecule is O=S(=O)(Cc1ccccc1)NC[C@H](c1ccc(F)cc1)c1c[nH]c2ccccc12. The molecular weight excluding hydrogens is 387 g/mol. The zero-order chi connectivity index (χ0) is 20.3. The fraction of sp³-hybridized carbons (Fsp3) is 0.130. The number of fused-ring (bicyclic) bond motifs is 1. The van der Waals surface area contributed by atoms with Crippen LogP contribution in [0.15, 0.2) is 85.1 Å². The molecule has 2 N–H and O–H groups in total. The topological polar surface area (TPSA) is 62.0 Å². The van der Waals surface area contributed by atoms with Crippen LogP contribution < -0.4 is 4.72 Å². The largest absolute Gasteiger partial charge is 0.361 e. The first-order chi connectivity index (χ1) is 14.0. The highest BCUT2D eigenvalue weighted by molar-refractivity contribution is 7.88. The molecule has 0 saturated heterocycles. The Hall–Kier alpha value is -2.96. The van der Waals surface area contributed by atoms with Crippen molar-refractivity contribution in [3.8, 4) is 0 Å². The Kier molecular flexibility index (Phi) is 5.47. The number of para-hydroxylation sites is 1. The summed E-state index contributed by atoms with van der Waals surface area (Å²) in [5.74, 6) is -0.661. The maximum Gasteiger partial charge on any atom is 0.215 e. The summed E-state index contributed by atoms with van der Waals surface area (Å²) in [7, 11) is -3.52. The van der Waals surface area contributed by atoms with E-state index in [9.17, 15) is 12.8 Å². The van der Waals surface area contributed by atoms with E-state index in [2.05, 4.69) is 9.71 Å². The lowest BCUT2D eigenvalue weighted by molar-refractivity contribution is 0.576. The number of halogens is 1. The van der Waals surface area contributed by atoms with Crippen molar-refractivity contribution in [1.29, 1.82) is 0 Å². The Morgan fingerprint density at radius 2 is 1.59 bits per heavy atom. The van der Waals surface area contributed by atoms with Gasteiger partial charge in [-0.1, -0.05) is 60.7 Å². The second-order valence-electron chi connectivity index (χ2n) is 6.99.